The number of nitrogens with one attached hydrogen (secondary N) is 1. The van der Waals surface area contributed by atoms with E-state index in [1.165, 1.54) is 0 Å². The van der Waals surface area contributed by atoms with Gasteiger partial charge in [-0.1, -0.05) is 30.3 Å². The van der Waals surface area contributed by atoms with E-state index in [0.29, 0.717) is 26.2 Å². The lowest BCUT2D eigenvalue weighted by molar-refractivity contribution is 0.193. The number of hydrogen-bond acceptors (Lipinski definition) is 4. The number of hydrogen-bond donors (Lipinski definition) is 1. The maximum atomic E-state index is 12.4. The van der Waals surface area contributed by atoms with Crippen molar-refractivity contribution in [2.24, 2.45) is 0 Å². The molecule has 1 saturated heterocycles. The van der Waals surface area contributed by atoms with Gasteiger partial charge in [0.25, 0.3) is 0 Å². The fraction of sp³-hybridized carbons (Fsp3) is 0.435. The van der Waals surface area contributed by atoms with Gasteiger partial charge in [-0.25, -0.2) is 4.79 Å². The molecule has 0 unspecified atom stereocenters. The van der Waals surface area contributed by atoms with Crippen molar-refractivity contribution in [3.05, 3.63) is 53.6 Å². The fourth-order valence-corrected chi connectivity index (χ4v) is 3.62. The van der Waals surface area contributed by atoms with Gasteiger partial charge >= 0.3 is 6.03 Å². The van der Waals surface area contributed by atoms with E-state index in [0.717, 1.165) is 47.8 Å². The molecule has 1 fully saturated rings. The van der Waals surface area contributed by atoms with E-state index >= 15 is 0 Å². The van der Waals surface area contributed by atoms with Crippen LogP contribution in [0.25, 0.3) is 0 Å². The molecule has 2 aromatic carbocycles. The van der Waals surface area contributed by atoms with Gasteiger partial charge in [-0.3, -0.25) is 0 Å². The number of nitrogens with zero attached hydrogens (tertiary/aromatic N) is 2. The van der Waals surface area contributed by atoms with Gasteiger partial charge < -0.3 is 24.6 Å². The van der Waals surface area contributed by atoms with Gasteiger partial charge in [-0.15, -0.1) is 0 Å². The van der Waals surface area contributed by atoms with Crippen LogP contribution in [0.1, 0.15) is 17.5 Å². The Kier molecular flexibility index (Phi) is 7.22. The molecule has 2 aromatic rings. The zero-order valence-corrected chi connectivity index (χ0v) is 17.6. The maximum absolute atomic E-state index is 12.4. The van der Waals surface area contributed by atoms with E-state index in [9.17, 15) is 4.79 Å². The summed E-state index contributed by atoms with van der Waals surface area (Å²) in [5, 5.41) is 3.01. The quantitative estimate of drug-likeness (QED) is 0.725. The Morgan fingerprint density at radius 3 is 2.38 bits per heavy atom. The van der Waals surface area contributed by atoms with E-state index in [-0.39, 0.29) is 6.03 Å². The lowest BCUT2D eigenvalue weighted by atomic mass is 10.1. The number of anilines is 1. The first-order chi connectivity index (χ1) is 14.1. The minimum atomic E-state index is -0.00301. The number of para-hydroxylation sites is 3. The Bertz CT molecular complexity index is 797. The Hall–Kier alpha value is -2.89. The summed E-state index contributed by atoms with van der Waals surface area (Å²) >= 11 is 0. The van der Waals surface area contributed by atoms with Gasteiger partial charge in [0, 0.05) is 32.7 Å². The van der Waals surface area contributed by atoms with Crippen LogP contribution in [0.2, 0.25) is 0 Å². The van der Waals surface area contributed by atoms with Gasteiger partial charge in [-0.05, 0) is 43.5 Å². The number of rotatable bonds is 7. The molecule has 1 N–H and O–H groups in total. The second-order valence-electron chi connectivity index (χ2n) is 7.30. The Morgan fingerprint density at radius 2 is 1.69 bits per heavy atom. The number of carbonyl (C=O) groups excluding carboxylic acids is 1. The molecule has 0 saturated carbocycles. The second kappa shape index (κ2) is 10.0. The monoisotopic (exact) mass is 397 g/mol. The number of amides is 2. The van der Waals surface area contributed by atoms with Crippen LogP contribution >= 0.6 is 0 Å². The largest absolute Gasteiger partial charge is 0.495 e. The van der Waals surface area contributed by atoms with Crippen molar-refractivity contribution in [2.45, 2.75) is 20.3 Å². The number of methoxy groups -OCH3 is 1. The normalized spacial score (nSPS) is 13.9. The smallest absolute Gasteiger partial charge is 0.317 e. The second-order valence-corrected chi connectivity index (χ2v) is 7.30. The number of benzene rings is 2. The predicted octanol–water partition coefficient (Wildman–Crippen LogP) is 3.61. The van der Waals surface area contributed by atoms with E-state index in [4.69, 9.17) is 9.47 Å². The Labute approximate surface area is 173 Å². The standard InChI is InChI=1S/C23H31N3O3/c1-18-8-6-9-19(2)22(18)29-17-7-12-24-23(27)26-15-13-25(14-16-26)20-10-4-5-11-21(20)28-3/h4-6,8-11H,7,12-17H2,1-3H3,(H,24,27). The van der Waals surface area contributed by atoms with E-state index in [1.807, 2.05) is 29.2 Å². The zero-order chi connectivity index (χ0) is 20.6. The van der Waals surface area contributed by atoms with Gasteiger partial charge in [0.05, 0.1) is 19.4 Å². The van der Waals surface area contributed by atoms with Gasteiger partial charge in [-0.2, -0.15) is 0 Å². The molecular formula is C23H31N3O3. The van der Waals surface area contributed by atoms with E-state index in [1.54, 1.807) is 7.11 Å². The molecule has 0 radical (unpaired) electrons. The van der Waals surface area contributed by atoms with Gasteiger partial charge in [0.2, 0.25) is 0 Å². The van der Waals surface area contributed by atoms with Crippen molar-refractivity contribution in [2.75, 3.05) is 51.3 Å². The summed E-state index contributed by atoms with van der Waals surface area (Å²) in [7, 11) is 1.69. The highest BCUT2D eigenvalue weighted by Crippen LogP contribution is 2.28. The van der Waals surface area contributed by atoms with E-state index in [2.05, 4.69) is 42.3 Å². The van der Waals surface area contributed by atoms with Crippen molar-refractivity contribution in [3.63, 3.8) is 0 Å². The van der Waals surface area contributed by atoms with Crippen LogP contribution in [-0.4, -0.2) is 57.4 Å². The van der Waals surface area contributed by atoms with Gasteiger partial charge in [0.1, 0.15) is 11.5 Å². The summed E-state index contributed by atoms with van der Waals surface area (Å²) in [4.78, 5) is 16.6. The minimum absolute atomic E-state index is 0.00301. The third-order valence-corrected chi connectivity index (χ3v) is 5.25. The van der Waals surface area contributed by atoms with Crippen molar-refractivity contribution in [1.82, 2.24) is 10.2 Å². The molecule has 0 aromatic heterocycles. The molecule has 1 aliphatic rings. The van der Waals surface area contributed by atoms with Crippen molar-refractivity contribution in [3.8, 4) is 11.5 Å². The topological polar surface area (TPSA) is 54.0 Å². The molecule has 6 nitrogen and oxygen atoms in total. The van der Waals surface area contributed by atoms with Crippen molar-refractivity contribution >= 4 is 11.7 Å². The molecule has 6 heteroatoms. The average Bonchev–Trinajstić information content (AvgIpc) is 2.75. The minimum Gasteiger partial charge on any atom is -0.495 e. The highest BCUT2D eigenvalue weighted by molar-refractivity contribution is 5.74. The number of aryl methyl sites for hydroxylation is 2. The first-order valence-electron chi connectivity index (χ1n) is 10.2. The molecule has 1 heterocycles. The first kappa shape index (κ1) is 20.8. The summed E-state index contributed by atoms with van der Waals surface area (Å²) in [6.07, 6.45) is 0.778. The van der Waals surface area contributed by atoms with Crippen LogP contribution in [0.3, 0.4) is 0 Å². The third-order valence-electron chi connectivity index (χ3n) is 5.25. The van der Waals surface area contributed by atoms with Crippen LogP contribution in [0.15, 0.2) is 42.5 Å². The zero-order valence-electron chi connectivity index (χ0n) is 17.6. The number of ether oxygens (including phenoxy) is 2. The van der Waals surface area contributed by atoms with Crippen molar-refractivity contribution < 1.29 is 14.3 Å². The van der Waals surface area contributed by atoms with Crippen LogP contribution in [0.4, 0.5) is 10.5 Å². The molecule has 2 amide bonds. The lowest BCUT2D eigenvalue weighted by Gasteiger charge is -2.36. The van der Waals surface area contributed by atoms with Crippen LogP contribution in [0.5, 0.6) is 11.5 Å². The molecule has 29 heavy (non-hydrogen) atoms. The molecule has 3 rings (SSSR count). The van der Waals surface area contributed by atoms with Gasteiger partial charge in [0.15, 0.2) is 0 Å². The molecule has 156 valence electrons. The molecule has 0 bridgehead atoms. The average molecular weight is 398 g/mol. The first-order valence-corrected chi connectivity index (χ1v) is 10.2. The van der Waals surface area contributed by atoms with E-state index < -0.39 is 0 Å². The Morgan fingerprint density at radius 1 is 1.00 bits per heavy atom. The number of urea groups is 1. The summed E-state index contributed by atoms with van der Waals surface area (Å²) in [5.41, 5.74) is 3.36. The summed E-state index contributed by atoms with van der Waals surface area (Å²) in [6, 6.07) is 14.1. The summed E-state index contributed by atoms with van der Waals surface area (Å²) in [6.45, 7) is 8.28. The number of carbonyl (C=O) groups is 1. The highest BCUT2D eigenvalue weighted by Gasteiger charge is 2.22. The molecule has 0 atom stereocenters. The molecule has 0 aliphatic carbocycles. The molecular weight excluding hydrogens is 366 g/mol. The predicted molar refractivity (Wildman–Crippen MR) is 116 cm³/mol. The van der Waals surface area contributed by atoms with Crippen LogP contribution in [0, 0.1) is 13.8 Å². The van der Waals surface area contributed by atoms with Crippen LogP contribution < -0.4 is 19.7 Å². The Balaban J connectivity index is 1.38. The SMILES string of the molecule is COc1ccccc1N1CCN(C(=O)NCCCOc2c(C)cccc2C)CC1. The van der Waals surface area contributed by atoms with Crippen molar-refractivity contribution in [1.29, 1.82) is 0 Å². The molecule has 0 spiro atoms. The molecule has 1 aliphatic heterocycles. The fourth-order valence-electron chi connectivity index (χ4n) is 3.62. The summed E-state index contributed by atoms with van der Waals surface area (Å²) in [5.74, 6) is 1.82. The maximum Gasteiger partial charge on any atom is 0.317 e. The third kappa shape index (κ3) is 5.34. The summed E-state index contributed by atoms with van der Waals surface area (Å²) < 4.78 is 11.3. The lowest BCUT2D eigenvalue weighted by Crippen LogP contribution is -2.52. The van der Waals surface area contributed by atoms with Crippen LogP contribution in [-0.2, 0) is 0 Å². The highest BCUT2D eigenvalue weighted by atomic mass is 16.5. The number of piperazine rings is 1.